The summed E-state index contributed by atoms with van der Waals surface area (Å²) in [5.41, 5.74) is 2.53. The minimum absolute atomic E-state index is 0.254. The average molecular weight is 237 g/mol. The first-order valence-corrected chi connectivity index (χ1v) is 6.01. The fourth-order valence-corrected chi connectivity index (χ4v) is 2.35. The lowest BCUT2D eigenvalue weighted by Gasteiger charge is -2.25. The molecule has 2 heterocycles. The van der Waals surface area contributed by atoms with E-state index in [4.69, 9.17) is 10.9 Å². The first-order chi connectivity index (χ1) is 8.35. The lowest BCUT2D eigenvalue weighted by molar-refractivity contribution is 0.279. The summed E-state index contributed by atoms with van der Waals surface area (Å²) in [6.45, 7) is 1.26. The van der Waals surface area contributed by atoms with Gasteiger partial charge in [0.05, 0.1) is 0 Å². The van der Waals surface area contributed by atoms with Crippen molar-refractivity contribution in [2.45, 2.75) is 31.7 Å². The van der Waals surface area contributed by atoms with E-state index in [-0.39, 0.29) is 6.61 Å². The molecule has 1 aliphatic heterocycles. The molecule has 2 rings (SSSR count). The van der Waals surface area contributed by atoms with E-state index in [0.717, 1.165) is 31.6 Å². The SMILES string of the molecule is NNc1cc(N2CCCC2CCCO)ncn1. The third-order valence-corrected chi connectivity index (χ3v) is 3.17. The van der Waals surface area contributed by atoms with Gasteiger partial charge in [0, 0.05) is 25.3 Å². The van der Waals surface area contributed by atoms with Crippen LogP contribution in [0, 0.1) is 0 Å². The van der Waals surface area contributed by atoms with Crippen LogP contribution in [0.4, 0.5) is 11.6 Å². The molecule has 1 aromatic heterocycles. The molecule has 1 saturated heterocycles. The summed E-state index contributed by atoms with van der Waals surface area (Å²) in [5.74, 6) is 6.88. The number of aromatic nitrogens is 2. The number of hydrazine groups is 1. The fraction of sp³-hybridized carbons (Fsp3) is 0.636. The Kier molecular flexibility index (Phi) is 4.11. The van der Waals surface area contributed by atoms with Gasteiger partial charge in [-0.15, -0.1) is 0 Å². The second kappa shape index (κ2) is 5.79. The maximum absolute atomic E-state index is 8.89. The molecule has 0 saturated carbocycles. The highest BCUT2D eigenvalue weighted by Gasteiger charge is 2.25. The van der Waals surface area contributed by atoms with Gasteiger partial charge in [-0.05, 0) is 25.7 Å². The molecule has 0 spiro atoms. The summed E-state index contributed by atoms with van der Waals surface area (Å²) < 4.78 is 0. The van der Waals surface area contributed by atoms with Gasteiger partial charge in [0.1, 0.15) is 18.0 Å². The van der Waals surface area contributed by atoms with E-state index in [2.05, 4.69) is 20.3 Å². The first kappa shape index (κ1) is 12.1. The number of aliphatic hydroxyl groups is 1. The molecule has 0 amide bonds. The molecule has 0 radical (unpaired) electrons. The van der Waals surface area contributed by atoms with Crippen molar-refractivity contribution in [3.05, 3.63) is 12.4 Å². The van der Waals surface area contributed by atoms with E-state index >= 15 is 0 Å². The van der Waals surface area contributed by atoms with E-state index in [9.17, 15) is 0 Å². The number of nitrogens with one attached hydrogen (secondary N) is 1. The van der Waals surface area contributed by atoms with Gasteiger partial charge in [-0.2, -0.15) is 0 Å². The summed E-state index contributed by atoms with van der Waals surface area (Å²) in [6, 6.07) is 2.33. The van der Waals surface area contributed by atoms with Crippen molar-refractivity contribution in [1.82, 2.24) is 9.97 Å². The molecule has 6 heteroatoms. The van der Waals surface area contributed by atoms with Gasteiger partial charge < -0.3 is 15.4 Å². The number of anilines is 2. The number of hydrogen-bond acceptors (Lipinski definition) is 6. The molecule has 6 nitrogen and oxygen atoms in total. The third kappa shape index (κ3) is 2.83. The van der Waals surface area contributed by atoms with E-state index in [1.165, 1.54) is 12.7 Å². The highest BCUT2D eigenvalue weighted by molar-refractivity contribution is 5.49. The molecule has 0 aliphatic carbocycles. The van der Waals surface area contributed by atoms with Crippen molar-refractivity contribution in [2.75, 3.05) is 23.5 Å². The third-order valence-electron chi connectivity index (χ3n) is 3.17. The maximum Gasteiger partial charge on any atom is 0.145 e. The van der Waals surface area contributed by atoms with Crippen LogP contribution in [0.25, 0.3) is 0 Å². The van der Waals surface area contributed by atoms with Crippen LogP contribution in [-0.2, 0) is 0 Å². The van der Waals surface area contributed by atoms with E-state index in [1.807, 2.05) is 6.07 Å². The van der Waals surface area contributed by atoms with Gasteiger partial charge >= 0.3 is 0 Å². The van der Waals surface area contributed by atoms with Gasteiger partial charge in [-0.25, -0.2) is 15.8 Å². The quantitative estimate of drug-likeness (QED) is 0.511. The molecule has 1 aliphatic rings. The summed E-state index contributed by atoms with van der Waals surface area (Å²) in [5, 5.41) is 8.89. The number of nitrogens with zero attached hydrogens (tertiary/aromatic N) is 3. The number of rotatable bonds is 5. The molecule has 94 valence electrons. The minimum atomic E-state index is 0.254. The van der Waals surface area contributed by atoms with Crippen LogP contribution in [0.3, 0.4) is 0 Å². The van der Waals surface area contributed by atoms with Gasteiger partial charge in [-0.1, -0.05) is 0 Å². The van der Waals surface area contributed by atoms with Gasteiger partial charge in [0.25, 0.3) is 0 Å². The zero-order valence-electron chi connectivity index (χ0n) is 9.84. The van der Waals surface area contributed by atoms with E-state index in [0.29, 0.717) is 11.9 Å². The van der Waals surface area contributed by atoms with Crippen molar-refractivity contribution in [3.8, 4) is 0 Å². The lowest BCUT2D eigenvalue weighted by Crippen LogP contribution is -2.30. The van der Waals surface area contributed by atoms with Crippen LogP contribution in [0.2, 0.25) is 0 Å². The summed E-state index contributed by atoms with van der Waals surface area (Å²) in [4.78, 5) is 10.6. The molecular formula is C11H19N5O. The lowest BCUT2D eigenvalue weighted by atomic mass is 10.1. The normalized spacial score (nSPS) is 19.6. The molecule has 0 bridgehead atoms. The predicted molar refractivity (Wildman–Crippen MR) is 66.5 cm³/mol. The van der Waals surface area contributed by atoms with Crippen molar-refractivity contribution in [1.29, 1.82) is 0 Å². The van der Waals surface area contributed by atoms with Crippen LogP contribution < -0.4 is 16.2 Å². The largest absolute Gasteiger partial charge is 0.396 e. The Labute approximate surface area is 101 Å². The summed E-state index contributed by atoms with van der Waals surface area (Å²) in [7, 11) is 0. The number of aliphatic hydroxyl groups excluding tert-OH is 1. The molecule has 4 N–H and O–H groups in total. The van der Waals surface area contributed by atoms with Crippen molar-refractivity contribution < 1.29 is 5.11 Å². The molecular weight excluding hydrogens is 218 g/mol. The average Bonchev–Trinajstić information content (AvgIpc) is 2.84. The molecule has 1 fully saturated rings. The molecule has 0 aromatic carbocycles. The molecule has 1 atom stereocenters. The Morgan fingerprint density at radius 1 is 1.53 bits per heavy atom. The molecule has 1 unspecified atom stereocenters. The fourth-order valence-electron chi connectivity index (χ4n) is 2.35. The van der Waals surface area contributed by atoms with Crippen LogP contribution >= 0.6 is 0 Å². The first-order valence-electron chi connectivity index (χ1n) is 6.01. The smallest absolute Gasteiger partial charge is 0.145 e. The van der Waals surface area contributed by atoms with E-state index < -0.39 is 0 Å². The molecule has 17 heavy (non-hydrogen) atoms. The monoisotopic (exact) mass is 237 g/mol. The molecule has 1 aromatic rings. The Morgan fingerprint density at radius 3 is 3.18 bits per heavy atom. The Hall–Kier alpha value is -1.40. The number of nitrogens with two attached hydrogens (primary N) is 1. The topological polar surface area (TPSA) is 87.3 Å². The second-order valence-corrected chi connectivity index (χ2v) is 4.26. The van der Waals surface area contributed by atoms with Crippen molar-refractivity contribution in [2.24, 2.45) is 5.84 Å². The predicted octanol–water partition coefficient (Wildman–Crippen LogP) is 0.503. The van der Waals surface area contributed by atoms with Crippen LogP contribution in [0.5, 0.6) is 0 Å². The Morgan fingerprint density at radius 2 is 2.41 bits per heavy atom. The summed E-state index contributed by atoms with van der Waals surface area (Å²) >= 11 is 0. The maximum atomic E-state index is 8.89. The van der Waals surface area contributed by atoms with Gasteiger partial charge in [0.15, 0.2) is 0 Å². The van der Waals surface area contributed by atoms with E-state index in [1.54, 1.807) is 0 Å². The standard InChI is InChI=1S/C11H19N5O/c12-15-10-7-11(14-8-13-10)16-5-1-3-9(16)4-2-6-17/h7-9,17H,1-6,12H2,(H,13,14,15). The van der Waals surface area contributed by atoms with Crippen LogP contribution in [0.1, 0.15) is 25.7 Å². The van der Waals surface area contributed by atoms with Gasteiger partial charge in [-0.3, -0.25) is 0 Å². The summed E-state index contributed by atoms with van der Waals surface area (Å²) in [6.07, 6.45) is 5.70. The van der Waals surface area contributed by atoms with Gasteiger partial charge in [0.2, 0.25) is 0 Å². The van der Waals surface area contributed by atoms with Crippen molar-refractivity contribution in [3.63, 3.8) is 0 Å². The zero-order chi connectivity index (χ0) is 12.1. The minimum Gasteiger partial charge on any atom is -0.396 e. The van der Waals surface area contributed by atoms with Crippen LogP contribution in [-0.4, -0.2) is 34.3 Å². The highest BCUT2D eigenvalue weighted by atomic mass is 16.2. The Balaban J connectivity index is 2.08. The second-order valence-electron chi connectivity index (χ2n) is 4.26. The zero-order valence-corrected chi connectivity index (χ0v) is 9.84. The highest BCUT2D eigenvalue weighted by Crippen LogP contribution is 2.27. The Bertz CT molecular complexity index is 359. The van der Waals surface area contributed by atoms with Crippen molar-refractivity contribution >= 4 is 11.6 Å². The number of nitrogen functional groups attached to an aromatic ring is 1. The van der Waals surface area contributed by atoms with Crippen LogP contribution in [0.15, 0.2) is 12.4 Å². The number of hydrogen-bond donors (Lipinski definition) is 3.